The fourth-order valence-corrected chi connectivity index (χ4v) is 1.59. The first-order chi connectivity index (χ1) is 9.12. The van der Waals surface area contributed by atoms with Crippen LogP contribution in [0.2, 0.25) is 0 Å². The summed E-state index contributed by atoms with van der Waals surface area (Å²) in [6.07, 6.45) is 1.94. The third-order valence-electron chi connectivity index (χ3n) is 2.67. The predicted octanol–water partition coefficient (Wildman–Crippen LogP) is 3.74. The zero-order valence-corrected chi connectivity index (χ0v) is 11.9. The number of benzene rings is 1. The molecule has 1 aromatic carbocycles. The maximum atomic E-state index is 8.74. The lowest BCUT2D eigenvalue weighted by Crippen LogP contribution is -1.99. The van der Waals surface area contributed by atoms with E-state index in [0.29, 0.717) is 18.9 Å². The van der Waals surface area contributed by atoms with E-state index < -0.39 is 0 Å². The highest BCUT2D eigenvalue weighted by Crippen LogP contribution is 2.29. The van der Waals surface area contributed by atoms with E-state index in [9.17, 15) is 0 Å². The Labute approximate surface area is 114 Å². The largest absolute Gasteiger partial charge is 0.490 e. The monoisotopic (exact) mass is 263 g/mol. The van der Waals surface area contributed by atoms with E-state index in [1.807, 2.05) is 45.0 Å². The van der Waals surface area contributed by atoms with Crippen molar-refractivity contribution in [3.8, 4) is 11.5 Å². The van der Waals surface area contributed by atoms with Crippen molar-refractivity contribution in [1.82, 2.24) is 0 Å². The van der Waals surface area contributed by atoms with Crippen LogP contribution >= 0.6 is 0 Å². The molecule has 0 radical (unpaired) electrons. The summed E-state index contributed by atoms with van der Waals surface area (Å²) in [7, 11) is 0. The summed E-state index contributed by atoms with van der Waals surface area (Å²) >= 11 is 0. The molecule has 0 unspecified atom stereocenters. The van der Waals surface area contributed by atoms with Gasteiger partial charge in [-0.2, -0.15) is 0 Å². The second-order valence-electron chi connectivity index (χ2n) is 4.08. The number of rotatable bonds is 6. The van der Waals surface area contributed by atoms with Gasteiger partial charge in [0.15, 0.2) is 11.5 Å². The van der Waals surface area contributed by atoms with Gasteiger partial charge in [-0.05, 0) is 57.0 Å². The van der Waals surface area contributed by atoms with Crippen LogP contribution in [-0.4, -0.2) is 24.1 Å². The molecular weight excluding hydrogens is 242 g/mol. The molecule has 0 saturated heterocycles. The normalized spacial score (nSPS) is 12.4. The molecule has 19 heavy (non-hydrogen) atoms. The van der Waals surface area contributed by atoms with Gasteiger partial charge in [-0.15, -0.1) is 0 Å². The van der Waals surface area contributed by atoms with Crippen LogP contribution in [0.5, 0.6) is 11.5 Å². The molecule has 1 rings (SSSR count). The van der Waals surface area contributed by atoms with Crippen molar-refractivity contribution >= 4 is 11.8 Å². The minimum Gasteiger partial charge on any atom is -0.490 e. The molecule has 0 bridgehead atoms. The summed E-state index contributed by atoms with van der Waals surface area (Å²) in [6.45, 7) is 8.71. The molecule has 4 nitrogen and oxygen atoms in total. The summed E-state index contributed by atoms with van der Waals surface area (Å²) in [5.74, 6) is 1.47. The lowest BCUT2D eigenvalue weighted by molar-refractivity contribution is 0.287. The fraction of sp³-hybridized carbons (Fsp3) is 0.400. The second kappa shape index (κ2) is 7.46. The van der Waals surface area contributed by atoms with Gasteiger partial charge in [0.25, 0.3) is 0 Å². The van der Waals surface area contributed by atoms with Crippen LogP contribution in [0.25, 0.3) is 6.08 Å². The first-order valence-electron chi connectivity index (χ1n) is 6.39. The van der Waals surface area contributed by atoms with Gasteiger partial charge in [-0.25, -0.2) is 0 Å². The third kappa shape index (κ3) is 4.32. The van der Waals surface area contributed by atoms with Crippen LogP contribution < -0.4 is 9.47 Å². The van der Waals surface area contributed by atoms with Gasteiger partial charge in [0.1, 0.15) is 0 Å². The summed E-state index contributed by atoms with van der Waals surface area (Å²) in [5.41, 5.74) is 2.47. The van der Waals surface area contributed by atoms with Crippen molar-refractivity contribution in [1.29, 1.82) is 0 Å². The highest BCUT2D eigenvalue weighted by molar-refractivity contribution is 6.01. The van der Waals surface area contributed by atoms with Gasteiger partial charge in [-0.3, -0.25) is 0 Å². The minimum atomic E-state index is 0.587. The average Bonchev–Trinajstić information content (AvgIpc) is 2.41. The Hall–Kier alpha value is -1.97. The molecule has 4 heteroatoms. The van der Waals surface area contributed by atoms with E-state index in [1.165, 1.54) is 0 Å². The number of oxime groups is 1. The summed E-state index contributed by atoms with van der Waals surface area (Å²) in [6, 6.07) is 5.75. The molecule has 0 amide bonds. The van der Waals surface area contributed by atoms with E-state index in [4.69, 9.17) is 14.7 Å². The van der Waals surface area contributed by atoms with Crippen LogP contribution in [0.4, 0.5) is 0 Å². The van der Waals surface area contributed by atoms with Crippen molar-refractivity contribution in [2.45, 2.75) is 27.7 Å². The van der Waals surface area contributed by atoms with E-state index in [0.717, 1.165) is 22.6 Å². The van der Waals surface area contributed by atoms with Crippen molar-refractivity contribution < 1.29 is 14.7 Å². The third-order valence-corrected chi connectivity index (χ3v) is 2.67. The maximum Gasteiger partial charge on any atom is 0.161 e. The molecule has 0 aliphatic rings. The quantitative estimate of drug-likeness (QED) is 0.483. The van der Waals surface area contributed by atoms with Crippen LogP contribution in [0.15, 0.2) is 28.9 Å². The number of nitrogens with zero attached hydrogens (tertiary/aromatic N) is 1. The zero-order chi connectivity index (χ0) is 14.3. The average molecular weight is 263 g/mol. The van der Waals surface area contributed by atoms with Crippen molar-refractivity contribution in [3.63, 3.8) is 0 Å². The highest BCUT2D eigenvalue weighted by atomic mass is 16.5. The summed E-state index contributed by atoms with van der Waals surface area (Å²) in [5, 5.41) is 11.9. The molecule has 0 fully saturated rings. The zero-order valence-electron chi connectivity index (χ0n) is 11.9. The number of allylic oxidation sites excluding steroid dienone is 1. The van der Waals surface area contributed by atoms with E-state index in [1.54, 1.807) is 6.92 Å². The lowest BCUT2D eigenvalue weighted by Gasteiger charge is -2.11. The lowest BCUT2D eigenvalue weighted by atomic mass is 10.1. The van der Waals surface area contributed by atoms with Crippen molar-refractivity contribution in [2.75, 3.05) is 13.2 Å². The first kappa shape index (κ1) is 15.1. The molecular formula is C15H21NO3. The molecule has 0 spiro atoms. The Morgan fingerprint density at radius 1 is 1.16 bits per heavy atom. The topological polar surface area (TPSA) is 51.0 Å². The predicted molar refractivity (Wildman–Crippen MR) is 77.3 cm³/mol. The van der Waals surface area contributed by atoms with Crippen LogP contribution in [0, 0.1) is 0 Å². The summed E-state index contributed by atoms with van der Waals surface area (Å²) in [4.78, 5) is 0. The SMILES string of the molecule is CCOc1ccc(/C=C(C)\C(C)=N\O)cc1OCC. The number of ether oxygens (including phenoxy) is 2. The Bertz CT molecular complexity index is 478. The van der Waals surface area contributed by atoms with Gasteiger partial charge in [0.05, 0.1) is 18.9 Å². The van der Waals surface area contributed by atoms with Gasteiger partial charge >= 0.3 is 0 Å². The van der Waals surface area contributed by atoms with E-state index >= 15 is 0 Å². The van der Waals surface area contributed by atoms with E-state index in [-0.39, 0.29) is 0 Å². The van der Waals surface area contributed by atoms with Gasteiger partial charge < -0.3 is 14.7 Å². The van der Waals surface area contributed by atoms with Crippen molar-refractivity contribution in [2.24, 2.45) is 5.16 Å². The second-order valence-corrected chi connectivity index (χ2v) is 4.08. The maximum absolute atomic E-state index is 8.74. The number of hydrogen-bond donors (Lipinski definition) is 1. The molecule has 1 N–H and O–H groups in total. The molecule has 104 valence electrons. The standard InChI is InChI=1S/C15H21NO3/c1-5-18-14-8-7-13(10-15(14)19-6-2)9-11(3)12(4)16-17/h7-10,17H,5-6H2,1-4H3/b11-9-,16-12+. The van der Waals surface area contributed by atoms with Crippen LogP contribution in [0.3, 0.4) is 0 Å². The molecule has 1 aromatic rings. The van der Waals surface area contributed by atoms with Crippen molar-refractivity contribution in [3.05, 3.63) is 29.3 Å². The van der Waals surface area contributed by atoms with Gasteiger partial charge in [0, 0.05) is 0 Å². The van der Waals surface area contributed by atoms with Gasteiger partial charge in [0.2, 0.25) is 0 Å². The van der Waals surface area contributed by atoms with Crippen LogP contribution in [0.1, 0.15) is 33.3 Å². The Kier molecular flexibility index (Phi) is 5.93. The Balaban J connectivity index is 3.07. The molecule has 0 atom stereocenters. The summed E-state index contributed by atoms with van der Waals surface area (Å²) < 4.78 is 11.1. The Morgan fingerprint density at radius 3 is 2.37 bits per heavy atom. The molecule has 0 heterocycles. The van der Waals surface area contributed by atoms with E-state index in [2.05, 4.69) is 5.16 Å². The molecule has 0 aromatic heterocycles. The van der Waals surface area contributed by atoms with Gasteiger partial charge in [-0.1, -0.05) is 11.2 Å². The smallest absolute Gasteiger partial charge is 0.161 e. The highest BCUT2D eigenvalue weighted by Gasteiger charge is 2.05. The Morgan fingerprint density at radius 2 is 1.79 bits per heavy atom. The number of hydrogen-bond acceptors (Lipinski definition) is 4. The minimum absolute atomic E-state index is 0.587. The first-order valence-corrected chi connectivity index (χ1v) is 6.39. The molecule has 0 aliphatic carbocycles. The van der Waals surface area contributed by atoms with Crippen LogP contribution in [-0.2, 0) is 0 Å². The molecule has 0 saturated carbocycles. The fourth-order valence-electron chi connectivity index (χ4n) is 1.59. The molecule has 0 aliphatic heterocycles.